The first-order valence-electron chi connectivity index (χ1n) is 7.33. The van der Waals surface area contributed by atoms with Crippen LogP contribution in [0.15, 0.2) is 23.2 Å². The standard InChI is InChI=1S/C15H22ClN3OS2/c1-15(2,21)13(17)14(20)19-8-6-10(7-9-19)22-12-5-3-4-11(16)18-12/h3-5,10,13,21H,6-9,17H2,1-2H3/t13-/m0/s1. The number of nitrogens with zero attached hydrogens (tertiary/aromatic N) is 2. The van der Waals surface area contributed by atoms with Crippen molar-refractivity contribution < 1.29 is 4.79 Å². The average molecular weight is 360 g/mol. The number of pyridine rings is 1. The van der Waals surface area contributed by atoms with Crippen LogP contribution in [0.5, 0.6) is 0 Å². The summed E-state index contributed by atoms with van der Waals surface area (Å²) < 4.78 is -0.507. The van der Waals surface area contributed by atoms with Gasteiger partial charge in [-0.15, -0.1) is 11.8 Å². The summed E-state index contributed by atoms with van der Waals surface area (Å²) in [6, 6.07) is 5.07. The number of amides is 1. The molecule has 1 atom stereocenters. The molecule has 0 spiro atoms. The van der Waals surface area contributed by atoms with Crippen LogP contribution < -0.4 is 5.73 Å². The van der Waals surface area contributed by atoms with Crippen molar-refractivity contribution in [1.82, 2.24) is 9.88 Å². The molecule has 2 heterocycles. The molecule has 0 aliphatic carbocycles. The van der Waals surface area contributed by atoms with E-state index in [9.17, 15) is 4.79 Å². The van der Waals surface area contributed by atoms with Crippen LogP contribution >= 0.6 is 36.0 Å². The van der Waals surface area contributed by atoms with Crippen molar-refractivity contribution in [3.8, 4) is 0 Å². The molecule has 0 radical (unpaired) electrons. The number of hydrogen-bond donors (Lipinski definition) is 2. The Morgan fingerprint density at radius 1 is 1.50 bits per heavy atom. The van der Waals surface area contributed by atoms with Gasteiger partial charge in [-0.25, -0.2) is 4.98 Å². The highest BCUT2D eigenvalue weighted by atomic mass is 35.5. The summed E-state index contributed by atoms with van der Waals surface area (Å²) in [7, 11) is 0. The molecule has 2 rings (SSSR count). The lowest BCUT2D eigenvalue weighted by atomic mass is 10.0. The van der Waals surface area contributed by atoms with Crippen molar-refractivity contribution in [3.63, 3.8) is 0 Å². The Bertz CT molecular complexity index is 528. The Morgan fingerprint density at radius 2 is 2.14 bits per heavy atom. The first-order chi connectivity index (χ1) is 10.3. The van der Waals surface area contributed by atoms with E-state index in [1.165, 1.54) is 0 Å². The third kappa shape index (κ3) is 4.78. The van der Waals surface area contributed by atoms with E-state index < -0.39 is 10.8 Å². The van der Waals surface area contributed by atoms with Gasteiger partial charge in [-0.2, -0.15) is 12.6 Å². The molecule has 2 N–H and O–H groups in total. The van der Waals surface area contributed by atoms with Crippen molar-refractivity contribution in [3.05, 3.63) is 23.4 Å². The fraction of sp³-hybridized carbons (Fsp3) is 0.600. The summed E-state index contributed by atoms with van der Waals surface area (Å²) in [6.07, 6.45) is 1.87. The van der Waals surface area contributed by atoms with Crippen LogP contribution in [0.4, 0.5) is 0 Å². The minimum atomic E-state index is -0.574. The van der Waals surface area contributed by atoms with E-state index in [0.717, 1.165) is 31.0 Å². The number of nitrogens with two attached hydrogens (primary N) is 1. The molecule has 0 bridgehead atoms. The molecule has 22 heavy (non-hydrogen) atoms. The number of likely N-dealkylation sites (tertiary alicyclic amines) is 1. The fourth-order valence-corrected chi connectivity index (χ4v) is 3.74. The van der Waals surface area contributed by atoms with E-state index in [1.54, 1.807) is 17.8 Å². The third-order valence-corrected chi connectivity index (χ3v) is 5.52. The third-order valence-electron chi connectivity index (χ3n) is 3.76. The zero-order valence-electron chi connectivity index (χ0n) is 12.8. The Balaban J connectivity index is 1.87. The lowest BCUT2D eigenvalue weighted by Gasteiger charge is -2.36. The average Bonchev–Trinajstić information content (AvgIpc) is 2.45. The molecule has 1 aliphatic heterocycles. The molecule has 1 saturated heterocycles. The molecule has 0 saturated carbocycles. The summed E-state index contributed by atoms with van der Waals surface area (Å²) in [5.74, 6) is -0.00988. The number of carbonyl (C=O) groups is 1. The summed E-state index contributed by atoms with van der Waals surface area (Å²) in [5.41, 5.74) is 6.00. The molecule has 1 aliphatic rings. The highest BCUT2D eigenvalue weighted by molar-refractivity contribution is 7.99. The van der Waals surface area contributed by atoms with Gasteiger partial charge in [0.15, 0.2) is 0 Å². The van der Waals surface area contributed by atoms with Gasteiger partial charge in [-0.3, -0.25) is 4.79 Å². The molecule has 1 aromatic heterocycles. The fourth-order valence-electron chi connectivity index (χ4n) is 2.32. The van der Waals surface area contributed by atoms with E-state index in [0.29, 0.717) is 10.4 Å². The minimum absolute atomic E-state index is 0.00988. The number of aromatic nitrogens is 1. The molecular weight excluding hydrogens is 338 g/mol. The molecule has 0 aromatic carbocycles. The minimum Gasteiger partial charge on any atom is -0.341 e. The van der Waals surface area contributed by atoms with Crippen LogP contribution in [0.2, 0.25) is 5.15 Å². The zero-order valence-corrected chi connectivity index (χ0v) is 15.3. The van der Waals surface area contributed by atoms with Crippen LogP contribution in [-0.4, -0.2) is 44.9 Å². The summed E-state index contributed by atoms with van der Waals surface area (Å²) >= 11 is 12.0. The topological polar surface area (TPSA) is 59.2 Å². The first-order valence-corrected chi connectivity index (χ1v) is 9.04. The largest absolute Gasteiger partial charge is 0.341 e. The summed E-state index contributed by atoms with van der Waals surface area (Å²) in [6.45, 7) is 5.20. The second-order valence-corrected chi connectivity index (χ2v) is 8.93. The molecule has 1 amide bonds. The molecular formula is C15H22ClN3OS2. The number of hydrogen-bond acceptors (Lipinski definition) is 5. The van der Waals surface area contributed by atoms with Gasteiger partial charge in [0.05, 0.1) is 11.1 Å². The van der Waals surface area contributed by atoms with E-state index >= 15 is 0 Å². The Kier molecular flexibility index (Phi) is 6.05. The second kappa shape index (κ2) is 7.43. The van der Waals surface area contributed by atoms with Crippen LogP contribution in [0.1, 0.15) is 26.7 Å². The Labute approximate surface area is 146 Å². The zero-order chi connectivity index (χ0) is 16.3. The lowest BCUT2D eigenvalue weighted by molar-refractivity contribution is -0.133. The molecule has 1 fully saturated rings. The van der Waals surface area contributed by atoms with Gasteiger partial charge >= 0.3 is 0 Å². The van der Waals surface area contributed by atoms with Crippen molar-refractivity contribution in [2.24, 2.45) is 5.73 Å². The number of piperidine rings is 1. The van der Waals surface area contributed by atoms with Crippen molar-refractivity contribution >= 4 is 41.9 Å². The quantitative estimate of drug-likeness (QED) is 0.641. The van der Waals surface area contributed by atoms with Crippen LogP contribution in [0, 0.1) is 0 Å². The van der Waals surface area contributed by atoms with Gasteiger partial charge in [-0.05, 0) is 38.8 Å². The van der Waals surface area contributed by atoms with Gasteiger partial charge in [0.1, 0.15) is 5.15 Å². The van der Waals surface area contributed by atoms with Crippen molar-refractivity contribution in [2.75, 3.05) is 13.1 Å². The highest BCUT2D eigenvalue weighted by Crippen LogP contribution is 2.30. The highest BCUT2D eigenvalue weighted by Gasteiger charge is 2.33. The van der Waals surface area contributed by atoms with Gasteiger partial charge in [-0.1, -0.05) is 17.7 Å². The summed E-state index contributed by atoms with van der Waals surface area (Å²) in [5, 5.41) is 1.90. The van der Waals surface area contributed by atoms with Gasteiger partial charge in [0.25, 0.3) is 0 Å². The lowest BCUT2D eigenvalue weighted by Crippen LogP contribution is -2.54. The SMILES string of the molecule is CC(C)(S)[C@@H](N)C(=O)N1CCC(Sc2cccc(Cl)n2)CC1. The Morgan fingerprint density at radius 3 is 2.68 bits per heavy atom. The van der Waals surface area contributed by atoms with Gasteiger partial charge in [0, 0.05) is 23.1 Å². The van der Waals surface area contributed by atoms with Crippen LogP contribution in [0.3, 0.4) is 0 Å². The predicted molar refractivity (Wildman–Crippen MR) is 95.7 cm³/mol. The number of thiol groups is 1. The Hall–Kier alpha value is -0.430. The normalized spacial score (nSPS) is 18.3. The van der Waals surface area contributed by atoms with Crippen molar-refractivity contribution in [2.45, 2.75) is 47.8 Å². The number of rotatable bonds is 4. The molecule has 0 unspecified atom stereocenters. The molecule has 1 aromatic rings. The van der Waals surface area contributed by atoms with Gasteiger partial charge < -0.3 is 10.6 Å². The predicted octanol–water partition coefficient (Wildman–Crippen LogP) is 2.85. The van der Waals surface area contributed by atoms with Gasteiger partial charge in [0.2, 0.25) is 5.91 Å². The van der Waals surface area contributed by atoms with Crippen LogP contribution in [0.25, 0.3) is 0 Å². The van der Waals surface area contributed by atoms with E-state index in [-0.39, 0.29) is 5.91 Å². The monoisotopic (exact) mass is 359 g/mol. The molecule has 4 nitrogen and oxygen atoms in total. The number of halogens is 1. The first kappa shape index (κ1) is 17.9. The van der Waals surface area contributed by atoms with Crippen LogP contribution in [-0.2, 0) is 4.79 Å². The number of carbonyl (C=O) groups excluding carboxylic acids is 1. The van der Waals surface area contributed by atoms with E-state index in [4.69, 9.17) is 17.3 Å². The smallest absolute Gasteiger partial charge is 0.240 e. The van der Waals surface area contributed by atoms with E-state index in [1.807, 2.05) is 30.9 Å². The van der Waals surface area contributed by atoms with E-state index in [2.05, 4.69) is 17.6 Å². The van der Waals surface area contributed by atoms with Crippen molar-refractivity contribution in [1.29, 1.82) is 0 Å². The maximum Gasteiger partial charge on any atom is 0.240 e. The maximum atomic E-state index is 12.4. The molecule has 7 heteroatoms. The second-order valence-electron chi connectivity index (χ2n) is 6.07. The number of thioether (sulfide) groups is 1. The molecule has 122 valence electrons. The summed E-state index contributed by atoms with van der Waals surface area (Å²) in [4.78, 5) is 18.5. The maximum absolute atomic E-state index is 12.4.